The van der Waals surface area contributed by atoms with Gasteiger partial charge in [-0.25, -0.2) is 13.6 Å². The van der Waals surface area contributed by atoms with Crippen LogP contribution in [0.25, 0.3) is 10.9 Å². The van der Waals surface area contributed by atoms with E-state index in [1.165, 1.54) is 36.3 Å². The predicted molar refractivity (Wildman–Crippen MR) is 162 cm³/mol. The number of benzene rings is 2. The molecule has 13 heteroatoms. The standard InChI is InChI=1S/C31H36F3N5O4S/c1-42-30-16-25(44(35,40)41)11-12-28(30)36-13-3-4-22-14-26-27(5-2-6-29(26)39(22)19-31(32,33)34)37-20-7-9-21(10-8-20)38-17-23-15-24(18-38)43-23/h2,5-6,11-12,14,16,20-21,23-24,36-37H,7-10,13,15,17-19H2,1H3,(H2,35,40,41)/t20-,21+,23?,24?. The lowest BCUT2D eigenvalue weighted by Crippen LogP contribution is -2.60. The van der Waals surface area contributed by atoms with E-state index in [-0.39, 0.29) is 28.9 Å². The monoisotopic (exact) mass is 631 g/mol. The minimum Gasteiger partial charge on any atom is -0.495 e. The van der Waals surface area contributed by atoms with E-state index >= 15 is 0 Å². The van der Waals surface area contributed by atoms with Crippen molar-refractivity contribution in [2.24, 2.45) is 5.14 Å². The van der Waals surface area contributed by atoms with Crippen LogP contribution in [0.1, 0.15) is 37.8 Å². The molecule has 3 aromatic rings. The van der Waals surface area contributed by atoms with Crippen LogP contribution in [0, 0.1) is 11.8 Å². The molecular weight excluding hydrogens is 595 g/mol. The molecule has 9 nitrogen and oxygen atoms in total. The molecule has 7 rings (SSSR count). The Hall–Kier alpha value is -3.44. The molecule has 0 radical (unpaired) electrons. The van der Waals surface area contributed by atoms with Crippen LogP contribution < -0.4 is 20.5 Å². The number of morpholine rings is 1. The summed E-state index contributed by atoms with van der Waals surface area (Å²) >= 11 is 0. The van der Waals surface area contributed by atoms with E-state index in [1.54, 1.807) is 18.2 Å². The van der Waals surface area contributed by atoms with Crippen LogP contribution in [0.5, 0.6) is 5.75 Å². The van der Waals surface area contributed by atoms with E-state index in [2.05, 4.69) is 27.4 Å². The van der Waals surface area contributed by atoms with E-state index in [9.17, 15) is 21.6 Å². The number of ether oxygens (including phenoxy) is 2. The highest BCUT2D eigenvalue weighted by Crippen LogP contribution is 2.35. The Morgan fingerprint density at radius 1 is 1.07 bits per heavy atom. The summed E-state index contributed by atoms with van der Waals surface area (Å²) in [4.78, 5) is 2.47. The maximum absolute atomic E-state index is 13.7. The Balaban J connectivity index is 1.17. The number of hydrogen-bond acceptors (Lipinski definition) is 7. The van der Waals surface area contributed by atoms with Crippen molar-refractivity contribution in [2.45, 2.75) is 74.0 Å². The summed E-state index contributed by atoms with van der Waals surface area (Å²) in [5, 5.41) is 12.5. The summed E-state index contributed by atoms with van der Waals surface area (Å²) in [5.41, 5.74) is 1.99. The van der Waals surface area contributed by atoms with Gasteiger partial charge in [-0.3, -0.25) is 4.90 Å². The number of fused-ring (bicyclic) bond motifs is 3. The van der Waals surface area contributed by atoms with E-state index in [0.29, 0.717) is 34.8 Å². The van der Waals surface area contributed by atoms with Gasteiger partial charge in [0, 0.05) is 48.7 Å². The Bertz CT molecular complexity index is 1670. The number of methoxy groups -OCH3 is 1. The first-order valence-corrected chi connectivity index (χ1v) is 16.3. The smallest absolute Gasteiger partial charge is 0.406 e. The van der Waals surface area contributed by atoms with Gasteiger partial charge in [0.05, 0.1) is 47.7 Å². The molecule has 1 aliphatic carbocycles. The van der Waals surface area contributed by atoms with E-state index in [0.717, 1.165) is 44.5 Å². The lowest BCUT2D eigenvalue weighted by molar-refractivity contribution is -0.189. The van der Waals surface area contributed by atoms with Gasteiger partial charge in [-0.1, -0.05) is 12.0 Å². The van der Waals surface area contributed by atoms with Crippen molar-refractivity contribution < 1.29 is 31.1 Å². The molecule has 1 saturated carbocycles. The largest absolute Gasteiger partial charge is 0.495 e. The Labute approximate surface area is 254 Å². The molecule has 4 N–H and O–H groups in total. The van der Waals surface area contributed by atoms with Crippen LogP contribution in [-0.4, -0.2) is 75.1 Å². The fraction of sp³-hybridized carbons (Fsp3) is 0.484. The second-order valence-corrected chi connectivity index (χ2v) is 13.3. The average molecular weight is 632 g/mol. The number of aromatic nitrogens is 1. The number of anilines is 2. The van der Waals surface area contributed by atoms with Gasteiger partial charge < -0.3 is 24.7 Å². The lowest BCUT2D eigenvalue weighted by atomic mass is 9.87. The number of alkyl halides is 3. The third-order valence-corrected chi connectivity index (χ3v) is 9.64. The van der Waals surface area contributed by atoms with Gasteiger partial charge in [-0.05, 0) is 61.9 Å². The Morgan fingerprint density at radius 3 is 2.45 bits per heavy atom. The van der Waals surface area contributed by atoms with E-state index < -0.39 is 22.7 Å². The normalized spacial score (nSPS) is 23.8. The third-order valence-electron chi connectivity index (χ3n) is 8.73. The van der Waals surface area contributed by atoms with Gasteiger partial charge in [0.15, 0.2) is 0 Å². The molecule has 2 atom stereocenters. The second kappa shape index (κ2) is 12.2. The van der Waals surface area contributed by atoms with E-state index in [1.807, 2.05) is 6.07 Å². The molecule has 1 aromatic heterocycles. The summed E-state index contributed by atoms with van der Waals surface area (Å²) in [6, 6.07) is 12.0. The zero-order valence-corrected chi connectivity index (χ0v) is 25.2. The number of nitrogens with one attached hydrogen (secondary N) is 2. The number of rotatable bonds is 8. The van der Waals surface area contributed by atoms with Gasteiger partial charge >= 0.3 is 6.18 Å². The average Bonchev–Trinajstić information content (AvgIpc) is 3.31. The van der Waals surface area contributed by atoms with Crippen LogP contribution in [-0.2, 0) is 21.3 Å². The van der Waals surface area contributed by atoms with Gasteiger partial charge in [0.1, 0.15) is 12.3 Å². The molecule has 2 aromatic carbocycles. The van der Waals surface area contributed by atoms with Gasteiger partial charge in [0.25, 0.3) is 0 Å². The second-order valence-electron chi connectivity index (χ2n) is 11.8. The quantitative estimate of drug-likeness (QED) is 0.314. The van der Waals surface area contributed by atoms with Crippen molar-refractivity contribution >= 4 is 32.3 Å². The maximum Gasteiger partial charge on any atom is 0.406 e. The van der Waals surface area contributed by atoms with Gasteiger partial charge in [-0.15, -0.1) is 0 Å². The lowest BCUT2D eigenvalue weighted by Gasteiger charge is -2.50. The van der Waals surface area contributed by atoms with Crippen LogP contribution in [0.3, 0.4) is 0 Å². The number of piperidine rings is 1. The fourth-order valence-electron chi connectivity index (χ4n) is 6.62. The minimum atomic E-state index is -4.43. The summed E-state index contributed by atoms with van der Waals surface area (Å²) < 4.78 is 76.5. The Morgan fingerprint density at radius 2 is 1.80 bits per heavy atom. The molecule has 0 amide bonds. The van der Waals surface area contributed by atoms with Crippen LogP contribution in [0.4, 0.5) is 24.5 Å². The fourth-order valence-corrected chi connectivity index (χ4v) is 7.15. The molecule has 4 aliphatic rings. The summed E-state index contributed by atoms with van der Waals surface area (Å²) in [5.74, 6) is 6.04. The zero-order valence-electron chi connectivity index (χ0n) is 24.4. The SMILES string of the molecule is COc1cc(S(N)(=O)=O)ccc1NCC#Cc1cc2c(N[C@H]3CC[C@@H](N4CC5CC(C4)O5)CC3)cccc2n1CC(F)(F)F. The summed E-state index contributed by atoms with van der Waals surface area (Å²) in [6.07, 6.45) is 1.70. The van der Waals surface area contributed by atoms with Crippen molar-refractivity contribution in [1.82, 2.24) is 9.47 Å². The van der Waals surface area contributed by atoms with Crippen molar-refractivity contribution in [2.75, 3.05) is 37.4 Å². The number of hydrogen-bond donors (Lipinski definition) is 3. The van der Waals surface area contributed by atoms with E-state index in [4.69, 9.17) is 14.6 Å². The van der Waals surface area contributed by atoms with Gasteiger partial charge in [0.2, 0.25) is 10.0 Å². The van der Waals surface area contributed by atoms with Crippen LogP contribution in [0.2, 0.25) is 0 Å². The maximum atomic E-state index is 13.7. The highest BCUT2D eigenvalue weighted by atomic mass is 32.2. The molecule has 2 unspecified atom stereocenters. The molecule has 3 saturated heterocycles. The van der Waals surface area contributed by atoms with Crippen molar-refractivity contribution in [1.29, 1.82) is 0 Å². The number of halogens is 3. The number of sulfonamides is 1. The minimum absolute atomic E-state index is 0.0810. The molecule has 4 heterocycles. The highest BCUT2D eigenvalue weighted by Gasteiger charge is 2.41. The Kier molecular flexibility index (Phi) is 8.45. The number of nitrogens with two attached hydrogens (primary N) is 1. The molecule has 0 spiro atoms. The predicted octanol–water partition coefficient (Wildman–Crippen LogP) is 4.52. The molecule has 3 aliphatic heterocycles. The summed E-state index contributed by atoms with van der Waals surface area (Å²) in [6.45, 7) is 0.955. The van der Waals surface area contributed by atoms with Gasteiger partial charge in [-0.2, -0.15) is 13.2 Å². The number of nitrogens with zero attached hydrogens (tertiary/aromatic N) is 2. The number of primary sulfonamides is 1. The molecule has 2 bridgehead atoms. The summed E-state index contributed by atoms with van der Waals surface area (Å²) in [7, 11) is -2.52. The molecule has 236 valence electrons. The van der Waals surface area contributed by atoms with Crippen molar-refractivity contribution in [3.05, 3.63) is 48.2 Å². The first-order valence-electron chi connectivity index (χ1n) is 14.8. The molecule has 4 fully saturated rings. The highest BCUT2D eigenvalue weighted by molar-refractivity contribution is 7.89. The van der Waals surface area contributed by atoms with Crippen LogP contribution in [0.15, 0.2) is 47.4 Å². The van der Waals surface area contributed by atoms with Crippen LogP contribution >= 0.6 is 0 Å². The first kappa shape index (κ1) is 30.6. The topological polar surface area (TPSA) is 111 Å². The first-order chi connectivity index (χ1) is 21.0. The third kappa shape index (κ3) is 6.78. The molecule has 44 heavy (non-hydrogen) atoms. The van der Waals surface area contributed by atoms with Crippen molar-refractivity contribution in [3.8, 4) is 17.6 Å². The zero-order chi connectivity index (χ0) is 31.1. The van der Waals surface area contributed by atoms with Crippen molar-refractivity contribution in [3.63, 3.8) is 0 Å². The molecular formula is C31H36F3N5O4S.